The highest BCUT2D eigenvalue weighted by atomic mass is 15.4. The number of aromatic nitrogens is 2. The molecular weight excluding hydrogens is 150 g/mol. The third-order valence-electron chi connectivity index (χ3n) is 1.91. The fourth-order valence-electron chi connectivity index (χ4n) is 1.36. The van der Waals surface area contributed by atoms with Crippen LogP contribution in [0.4, 0.5) is 0 Å². The van der Waals surface area contributed by atoms with E-state index in [1.165, 1.54) is 5.57 Å². The molecule has 0 saturated heterocycles. The molecule has 3 heteroatoms. The Morgan fingerprint density at radius 3 is 3.17 bits per heavy atom. The van der Waals surface area contributed by atoms with Gasteiger partial charge in [0.1, 0.15) is 0 Å². The van der Waals surface area contributed by atoms with Crippen LogP contribution in [0.5, 0.6) is 0 Å². The van der Waals surface area contributed by atoms with Gasteiger partial charge in [0.2, 0.25) is 0 Å². The first-order valence-corrected chi connectivity index (χ1v) is 4.04. The molecule has 1 aromatic rings. The van der Waals surface area contributed by atoms with Crippen molar-refractivity contribution in [2.75, 3.05) is 0 Å². The Labute approximate surface area is 71.4 Å². The van der Waals surface area contributed by atoms with E-state index < -0.39 is 0 Å². The van der Waals surface area contributed by atoms with Crippen molar-refractivity contribution in [2.24, 2.45) is 11.0 Å². The molecule has 1 atom stereocenters. The first-order chi connectivity index (χ1) is 5.77. The van der Waals surface area contributed by atoms with Crippen LogP contribution in [0, 0.1) is 5.92 Å². The molecular formula is C9H11N3. The van der Waals surface area contributed by atoms with Gasteiger partial charge in [0, 0.05) is 24.5 Å². The maximum absolute atomic E-state index is 4.26. The minimum atomic E-state index is 0.395. The molecule has 2 rings (SSSR count). The highest BCUT2D eigenvalue weighted by molar-refractivity contribution is 5.70. The Kier molecular flexibility index (Phi) is 1.57. The molecule has 2 heterocycles. The number of allylic oxidation sites excluding steroid dienone is 2. The molecule has 3 nitrogen and oxygen atoms in total. The molecule has 0 N–H and O–H groups in total. The van der Waals surface area contributed by atoms with Gasteiger partial charge in [0.15, 0.2) is 5.82 Å². The van der Waals surface area contributed by atoms with Crippen molar-refractivity contribution < 1.29 is 0 Å². The zero-order valence-electron chi connectivity index (χ0n) is 7.23. The standard InChI is InChI=1S/C9H11N3/c1-7-5-8(2)9-10-3-4-12(9)11-6-7/h3-7H,1-2H3. The van der Waals surface area contributed by atoms with Crippen molar-refractivity contribution in [3.63, 3.8) is 0 Å². The van der Waals surface area contributed by atoms with Crippen LogP contribution in [0.2, 0.25) is 0 Å². The summed E-state index contributed by atoms with van der Waals surface area (Å²) in [7, 11) is 0. The Hall–Kier alpha value is -1.38. The topological polar surface area (TPSA) is 30.2 Å². The van der Waals surface area contributed by atoms with Gasteiger partial charge >= 0.3 is 0 Å². The SMILES string of the molecule is CC1=CC(C)C=Nn2ccnc21. The van der Waals surface area contributed by atoms with E-state index >= 15 is 0 Å². The molecule has 0 spiro atoms. The quantitative estimate of drug-likeness (QED) is 0.570. The second-order valence-corrected chi connectivity index (χ2v) is 3.07. The minimum Gasteiger partial charge on any atom is -0.235 e. The van der Waals surface area contributed by atoms with E-state index in [4.69, 9.17) is 0 Å². The highest BCUT2D eigenvalue weighted by Crippen LogP contribution is 2.16. The monoisotopic (exact) mass is 161 g/mol. The Balaban J connectivity index is 2.55. The number of hydrogen-bond acceptors (Lipinski definition) is 2. The normalized spacial score (nSPS) is 21.5. The highest BCUT2D eigenvalue weighted by Gasteiger charge is 2.08. The van der Waals surface area contributed by atoms with Gasteiger partial charge < -0.3 is 0 Å². The van der Waals surface area contributed by atoms with Crippen LogP contribution < -0.4 is 0 Å². The largest absolute Gasteiger partial charge is 0.235 e. The lowest BCUT2D eigenvalue weighted by Gasteiger charge is -1.97. The molecule has 12 heavy (non-hydrogen) atoms. The van der Waals surface area contributed by atoms with Crippen LogP contribution in [-0.4, -0.2) is 15.9 Å². The molecule has 0 bridgehead atoms. The van der Waals surface area contributed by atoms with E-state index in [0.29, 0.717) is 5.92 Å². The van der Waals surface area contributed by atoms with Gasteiger partial charge in [-0.05, 0) is 12.5 Å². The van der Waals surface area contributed by atoms with Crippen molar-refractivity contribution in [3.05, 3.63) is 24.3 Å². The van der Waals surface area contributed by atoms with E-state index in [1.54, 1.807) is 10.9 Å². The maximum atomic E-state index is 4.26. The molecule has 1 unspecified atom stereocenters. The summed E-state index contributed by atoms with van der Waals surface area (Å²) >= 11 is 0. The first-order valence-electron chi connectivity index (χ1n) is 4.04. The summed E-state index contributed by atoms with van der Waals surface area (Å²) in [5.41, 5.74) is 1.19. The van der Waals surface area contributed by atoms with Crippen LogP contribution in [-0.2, 0) is 0 Å². The molecule has 0 aliphatic carbocycles. The lowest BCUT2D eigenvalue weighted by molar-refractivity contribution is 0.855. The molecule has 1 aromatic heterocycles. The van der Waals surface area contributed by atoms with Gasteiger partial charge in [0.05, 0.1) is 0 Å². The van der Waals surface area contributed by atoms with Crippen LogP contribution in [0.1, 0.15) is 19.7 Å². The van der Waals surface area contributed by atoms with Crippen molar-refractivity contribution in [1.82, 2.24) is 9.66 Å². The summed E-state index contributed by atoms with van der Waals surface area (Å²) in [6.45, 7) is 4.17. The van der Waals surface area contributed by atoms with E-state index in [9.17, 15) is 0 Å². The second-order valence-electron chi connectivity index (χ2n) is 3.07. The second kappa shape index (κ2) is 2.59. The van der Waals surface area contributed by atoms with E-state index in [0.717, 1.165) is 5.82 Å². The molecule has 0 aromatic carbocycles. The van der Waals surface area contributed by atoms with E-state index in [2.05, 4.69) is 30.0 Å². The number of fused-ring (bicyclic) bond motifs is 1. The average molecular weight is 161 g/mol. The van der Waals surface area contributed by atoms with Crippen molar-refractivity contribution in [1.29, 1.82) is 0 Å². The lowest BCUT2D eigenvalue weighted by Crippen LogP contribution is -1.92. The number of imidazole rings is 1. The molecule has 62 valence electrons. The molecule has 1 aliphatic heterocycles. The van der Waals surface area contributed by atoms with Gasteiger partial charge in [-0.25, -0.2) is 9.66 Å². The Morgan fingerprint density at radius 2 is 2.33 bits per heavy atom. The molecule has 0 fully saturated rings. The molecule has 0 saturated carbocycles. The number of hydrogen-bond donors (Lipinski definition) is 0. The molecule has 1 aliphatic rings. The van der Waals surface area contributed by atoms with Gasteiger partial charge in [-0.15, -0.1) is 0 Å². The van der Waals surface area contributed by atoms with Crippen molar-refractivity contribution >= 4 is 11.8 Å². The Bertz CT molecular complexity index is 346. The van der Waals surface area contributed by atoms with Crippen LogP contribution in [0.15, 0.2) is 23.6 Å². The van der Waals surface area contributed by atoms with Crippen LogP contribution >= 0.6 is 0 Å². The van der Waals surface area contributed by atoms with Crippen LogP contribution in [0.25, 0.3) is 5.57 Å². The number of rotatable bonds is 0. The van der Waals surface area contributed by atoms with Crippen molar-refractivity contribution in [3.8, 4) is 0 Å². The van der Waals surface area contributed by atoms with Gasteiger partial charge in [-0.3, -0.25) is 0 Å². The third kappa shape index (κ3) is 1.07. The summed E-state index contributed by atoms with van der Waals surface area (Å²) in [6, 6.07) is 0. The minimum absolute atomic E-state index is 0.395. The summed E-state index contributed by atoms with van der Waals surface area (Å²) in [6.07, 6.45) is 7.71. The van der Waals surface area contributed by atoms with Gasteiger partial charge in [0.25, 0.3) is 0 Å². The van der Waals surface area contributed by atoms with Gasteiger partial charge in [-0.2, -0.15) is 5.10 Å². The molecule has 0 radical (unpaired) electrons. The summed E-state index contributed by atoms with van der Waals surface area (Å²) < 4.78 is 1.80. The predicted molar refractivity (Wildman–Crippen MR) is 48.9 cm³/mol. The lowest BCUT2D eigenvalue weighted by atomic mass is 10.1. The predicted octanol–water partition coefficient (Wildman–Crippen LogP) is 1.77. The first kappa shape index (κ1) is 7.28. The smallest absolute Gasteiger partial charge is 0.155 e. The maximum Gasteiger partial charge on any atom is 0.155 e. The number of nitrogens with zero attached hydrogens (tertiary/aromatic N) is 3. The Morgan fingerprint density at radius 1 is 1.50 bits per heavy atom. The zero-order chi connectivity index (χ0) is 8.55. The fraction of sp³-hybridized carbons (Fsp3) is 0.333. The summed E-state index contributed by atoms with van der Waals surface area (Å²) in [4.78, 5) is 4.21. The summed E-state index contributed by atoms with van der Waals surface area (Å²) in [5.74, 6) is 1.34. The average Bonchev–Trinajstić information content (AvgIpc) is 2.43. The summed E-state index contributed by atoms with van der Waals surface area (Å²) in [5, 5.41) is 4.26. The van der Waals surface area contributed by atoms with Crippen molar-refractivity contribution in [2.45, 2.75) is 13.8 Å². The van der Waals surface area contributed by atoms with Crippen LogP contribution in [0.3, 0.4) is 0 Å². The van der Waals surface area contributed by atoms with Gasteiger partial charge in [-0.1, -0.05) is 13.0 Å². The third-order valence-corrected chi connectivity index (χ3v) is 1.91. The molecule has 0 amide bonds. The van der Waals surface area contributed by atoms with E-state index in [-0.39, 0.29) is 0 Å². The zero-order valence-corrected chi connectivity index (χ0v) is 7.23. The fourth-order valence-corrected chi connectivity index (χ4v) is 1.36. The van der Waals surface area contributed by atoms with E-state index in [1.807, 2.05) is 12.4 Å².